The lowest BCUT2D eigenvalue weighted by Crippen LogP contribution is -2.43. The quantitative estimate of drug-likeness (QED) is 0.638. The molecule has 0 heterocycles. The average Bonchev–Trinajstić information content (AvgIpc) is 2.42. The maximum atomic E-state index is 11.8. The first-order valence-corrected chi connectivity index (χ1v) is 6.52. The fourth-order valence-corrected chi connectivity index (χ4v) is 1.79. The summed E-state index contributed by atoms with van der Waals surface area (Å²) in [6, 6.07) is 1.28. The van der Waals surface area contributed by atoms with Gasteiger partial charge >= 0.3 is 12.0 Å². The van der Waals surface area contributed by atoms with Gasteiger partial charge in [-0.3, -0.25) is 0 Å². The number of anilines is 1. The second-order valence-electron chi connectivity index (χ2n) is 4.30. The summed E-state index contributed by atoms with van der Waals surface area (Å²) in [5, 5.41) is 22.9. The number of carboxylic acid groups (broad SMARTS) is 1. The number of halogens is 1. The topological polar surface area (TPSA) is 108 Å². The van der Waals surface area contributed by atoms with E-state index in [-0.39, 0.29) is 13.0 Å². The third kappa shape index (κ3) is 4.80. The first-order chi connectivity index (χ1) is 9.88. The summed E-state index contributed by atoms with van der Waals surface area (Å²) >= 11 is 5.95. The Kier molecular flexibility index (Phi) is 6.26. The Labute approximate surface area is 126 Å². The maximum absolute atomic E-state index is 11.8. The summed E-state index contributed by atoms with van der Waals surface area (Å²) in [6.45, 7) is 1.41. The van der Waals surface area contributed by atoms with Gasteiger partial charge in [-0.25, -0.2) is 9.59 Å². The summed E-state index contributed by atoms with van der Waals surface area (Å²) in [5.74, 6) is -0.867. The fraction of sp³-hybridized carbons (Fsp3) is 0.385. The number of carbonyl (C=O) groups is 2. The Hall–Kier alpha value is -1.99. The number of hydrogen-bond acceptors (Lipinski definition) is 4. The summed E-state index contributed by atoms with van der Waals surface area (Å²) in [4.78, 5) is 22.7. The minimum Gasteiger partial charge on any atom is -0.495 e. The highest BCUT2D eigenvalue weighted by Gasteiger charge is 2.20. The van der Waals surface area contributed by atoms with E-state index in [9.17, 15) is 9.59 Å². The van der Waals surface area contributed by atoms with E-state index >= 15 is 0 Å². The van der Waals surface area contributed by atoms with Crippen molar-refractivity contribution in [2.45, 2.75) is 19.4 Å². The van der Waals surface area contributed by atoms with Crippen LogP contribution in [0.25, 0.3) is 0 Å². The molecular formula is C13H17ClN2O5. The van der Waals surface area contributed by atoms with Crippen molar-refractivity contribution in [2.24, 2.45) is 0 Å². The molecule has 0 fully saturated rings. The molecule has 1 aromatic rings. The minimum absolute atomic E-state index is 0.0838. The van der Waals surface area contributed by atoms with E-state index in [0.29, 0.717) is 16.5 Å². The van der Waals surface area contributed by atoms with Crippen LogP contribution in [0, 0.1) is 6.92 Å². The third-order valence-corrected chi connectivity index (χ3v) is 3.16. The standard InChI is InChI=1S/C13H17ClN2O5/c1-7-5-10(11(21-2)6-8(7)14)16-13(20)15-9(3-4-17)12(18)19/h5-6,9,17H,3-4H2,1-2H3,(H,18,19)(H2,15,16,20)/t9-/m0/s1. The van der Waals surface area contributed by atoms with Crippen molar-refractivity contribution in [1.82, 2.24) is 5.32 Å². The minimum atomic E-state index is -1.22. The van der Waals surface area contributed by atoms with Gasteiger partial charge in [0.2, 0.25) is 0 Å². The predicted molar refractivity (Wildman–Crippen MR) is 78.0 cm³/mol. The molecule has 0 aliphatic carbocycles. The summed E-state index contributed by atoms with van der Waals surface area (Å²) in [7, 11) is 1.43. The molecule has 0 unspecified atom stereocenters. The molecule has 0 saturated carbocycles. The number of carboxylic acids is 1. The van der Waals surface area contributed by atoms with E-state index in [1.165, 1.54) is 7.11 Å². The monoisotopic (exact) mass is 316 g/mol. The van der Waals surface area contributed by atoms with Gasteiger partial charge in [0.05, 0.1) is 12.8 Å². The van der Waals surface area contributed by atoms with Crippen LogP contribution in [0.3, 0.4) is 0 Å². The van der Waals surface area contributed by atoms with Gasteiger partial charge in [-0.1, -0.05) is 11.6 Å². The number of nitrogens with one attached hydrogen (secondary N) is 2. The maximum Gasteiger partial charge on any atom is 0.326 e. The number of aliphatic hydroxyl groups excluding tert-OH is 1. The molecule has 116 valence electrons. The van der Waals surface area contributed by atoms with Crippen LogP contribution >= 0.6 is 11.6 Å². The van der Waals surface area contributed by atoms with Gasteiger partial charge in [-0.2, -0.15) is 0 Å². The molecule has 0 bridgehead atoms. The number of aryl methyl sites for hydroxylation is 1. The van der Waals surface area contributed by atoms with E-state index in [1.807, 2.05) is 0 Å². The summed E-state index contributed by atoms with van der Waals surface area (Å²) in [5.41, 5.74) is 1.10. The molecule has 0 radical (unpaired) electrons. The molecule has 4 N–H and O–H groups in total. The highest BCUT2D eigenvalue weighted by atomic mass is 35.5. The molecule has 1 rings (SSSR count). The average molecular weight is 317 g/mol. The highest BCUT2D eigenvalue weighted by molar-refractivity contribution is 6.31. The SMILES string of the molecule is COc1cc(Cl)c(C)cc1NC(=O)N[C@@H](CCO)C(=O)O. The smallest absolute Gasteiger partial charge is 0.326 e. The molecule has 0 spiro atoms. The first-order valence-electron chi connectivity index (χ1n) is 6.14. The number of carbonyl (C=O) groups excluding carboxylic acids is 1. The fourth-order valence-electron chi connectivity index (χ4n) is 1.63. The predicted octanol–water partition coefficient (Wildman–Crippen LogP) is 1.61. The largest absolute Gasteiger partial charge is 0.495 e. The Balaban J connectivity index is 2.83. The lowest BCUT2D eigenvalue weighted by atomic mass is 10.2. The van der Waals surface area contributed by atoms with Crippen molar-refractivity contribution >= 4 is 29.3 Å². The zero-order chi connectivity index (χ0) is 16.0. The zero-order valence-corrected chi connectivity index (χ0v) is 12.4. The summed E-state index contributed by atoms with van der Waals surface area (Å²) in [6.07, 6.45) is -0.0838. The van der Waals surface area contributed by atoms with Crippen LogP contribution in [0.5, 0.6) is 5.75 Å². The van der Waals surface area contributed by atoms with Gasteiger partial charge in [0.15, 0.2) is 0 Å². The number of urea groups is 1. The Bertz CT molecular complexity index is 536. The van der Waals surface area contributed by atoms with Crippen LogP contribution in [0.4, 0.5) is 10.5 Å². The molecule has 0 saturated heterocycles. The molecule has 21 heavy (non-hydrogen) atoms. The number of ether oxygens (including phenoxy) is 1. The highest BCUT2D eigenvalue weighted by Crippen LogP contribution is 2.30. The van der Waals surface area contributed by atoms with Gasteiger partial charge in [0.25, 0.3) is 0 Å². The van der Waals surface area contributed by atoms with Crippen molar-refractivity contribution in [2.75, 3.05) is 19.0 Å². The number of aliphatic hydroxyl groups is 1. The number of rotatable bonds is 6. The van der Waals surface area contributed by atoms with Crippen LogP contribution in [0.2, 0.25) is 5.02 Å². The normalized spacial score (nSPS) is 11.6. The molecule has 0 aliphatic rings. The molecule has 2 amide bonds. The lowest BCUT2D eigenvalue weighted by molar-refractivity contribution is -0.139. The molecule has 0 aromatic heterocycles. The van der Waals surface area contributed by atoms with Gasteiger partial charge in [0, 0.05) is 24.1 Å². The van der Waals surface area contributed by atoms with Gasteiger partial charge in [-0.15, -0.1) is 0 Å². The lowest BCUT2D eigenvalue weighted by Gasteiger charge is -2.16. The molecular weight excluding hydrogens is 300 g/mol. The molecule has 1 aromatic carbocycles. The van der Waals surface area contributed by atoms with Crippen molar-refractivity contribution < 1.29 is 24.5 Å². The van der Waals surface area contributed by atoms with Crippen LogP contribution in [0.1, 0.15) is 12.0 Å². The van der Waals surface area contributed by atoms with Crippen LogP contribution in [-0.2, 0) is 4.79 Å². The van der Waals surface area contributed by atoms with Crippen molar-refractivity contribution in [3.05, 3.63) is 22.7 Å². The Morgan fingerprint density at radius 1 is 1.43 bits per heavy atom. The first kappa shape index (κ1) is 17.1. The van der Waals surface area contributed by atoms with E-state index in [0.717, 1.165) is 5.56 Å². The van der Waals surface area contributed by atoms with E-state index in [1.54, 1.807) is 19.1 Å². The molecule has 7 nitrogen and oxygen atoms in total. The Morgan fingerprint density at radius 3 is 2.62 bits per heavy atom. The number of benzene rings is 1. The van der Waals surface area contributed by atoms with Crippen molar-refractivity contribution in [3.8, 4) is 5.75 Å². The van der Waals surface area contributed by atoms with Gasteiger partial charge in [0.1, 0.15) is 11.8 Å². The second kappa shape index (κ2) is 7.70. The van der Waals surface area contributed by atoms with Crippen molar-refractivity contribution in [1.29, 1.82) is 0 Å². The third-order valence-electron chi connectivity index (χ3n) is 2.75. The molecule has 8 heteroatoms. The van der Waals surface area contributed by atoms with Gasteiger partial charge in [-0.05, 0) is 18.6 Å². The van der Waals surface area contributed by atoms with Crippen LogP contribution in [0.15, 0.2) is 12.1 Å². The number of amides is 2. The Morgan fingerprint density at radius 2 is 2.10 bits per heavy atom. The number of hydrogen-bond donors (Lipinski definition) is 4. The summed E-state index contributed by atoms with van der Waals surface area (Å²) < 4.78 is 5.10. The van der Waals surface area contributed by atoms with E-state index in [2.05, 4.69) is 10.6 Å². The van der Waals surface area contributed by atoms with E-state index in [4.69, 9.17) is 26.6 Å². The molecule has 1 atom stereocenters. The number of methoxy groups -OCH3 is 1. The van der Waals surface area contributed by atoms with Gasteiger partial charge < -0.3 is 25.6 Å². The van der Waals surface area contributed by atoms with Crippen molar-refractivity contribution in [3.63, 3.8) is 0 Å². The van der Waals surface area contributed by atoms with E-state index < -0.39 is 18.0 Å². The zero-order valence-electron chi connectivity index (χ0n) is 11.6. The second-order valence-corrected chi connectivity index (χ2v) is 4.71. The van der Waals surface area contributed by atoms with Crippen LogP contribution in [-0.4, -0.2) is 42.0 Å². The number of aliphatic carboxylic acids is 1. The molecule has 0 aliphatic heterocycles. The van der Waals surface area contributed by atoms with Crippen LogP contribution < -0.4 is 15.4 Å².